The lowest BCUT2D eigenvalue weighted by molar-refractivity contribution is 0.0483. The highest BCUT2D eigenvalue weighted by Gasteiger charge is 2.19. The van der Waals surface area contributed by atoms with E-state index in [1.54, 1.807) is 57.3 Å². The lowest BCUT2D eigenvalue weighted by Gasteiger charge is -2.23. The first-order chi connectivity index (χ1) is 12.8. The van der Waals surface area contributed by atoms with Crippen molar-refractivity contribution in [2.75, 3.05) is 6.61 Å². The number of aromatic nitrogens is 1. The monoisotopic (exact) mass is 369 g/mol. The van der Waals surface area contributed by atoms with Crippen LogP contribution in [0.1, 0.15) is 31.9 Å². The van der Waals surface area contributed by atoms with E-state index < -0.39 is 17.7 Å². The summed E-state index contributed by atoms with van der Waals surface area (Å²) in [5.41, 5.74) is 0.568. The summed E-state index contributed by atoms with van der Waals surface area (Å²) in [4.78, 5) is 16.0. The van der Waals surface area contributed by atoms with Crippen LogP contribution in [0.15, 0.2) is 42.6 Å². The molecule has 0 spiro atoms. The molecule has 0 saturated carbocycles. The fourth-order valence-corrected chi connectivity index (χ4v) is 2.32. The quantitative estimate of drug-likeness (QED) is 0.810. The summed E-state index contributed by atoms with van der Waals surface area (Å²) in [7, 11) is 0. The van der Waals surface area contributed by atoms with Crippen LogP contribution < -0.4 is 10.1 Å². The zero-order valence-electron chi connectivity index (χ0n) is 15.6. The Balaban J connectivity index is 2.05. The Morgan fingerprint density at radius 2 is 2.11 bits per heavy atom. The molecule has 1 atom stereocenters. The second kappa shape index (κ2) is 9.01. The molecule has 0 radical (unpaired) electrons. The maximum Gasteiger partial charge on any atom is 0.407 e. The minimum absolute atomic E-state index is 0.225. The second-order valence-corrected chi connectivity index (χ2v) is 6.95. The van der Waals surface area contributed by atoms with Crippen LogP contribution >= 0.6 is 0 Å². The second-order valence-electron chi connectivity index (χ2n) is 6.95. The zero-order valence-corrected chi connectivity index (χ0v) is 15.6. The smallest absolute Gasteiger partial charge is 0.407 e. The molecule has 1 aromatic carbocycles. The van der Waals surface area contributed by atoms with Gasteiger partial charge in [0.2, 0.25) is 5.88 Å². The van der Waals surface area contributed by atoms with E-state index in [0.29, 0.717) is 17.7 Å². The predicted molar refractivity (Wildman–Crippen MR) is 99.4 cm³/mol. The van der Waals surface area contributed by atoms with E-state index in [9.17, 15) is 9.90 Å². The first-order valence-corrected chi connectivity index (χ1v) is 8.53. The number of nitrogens with one attached hydrogen (secondary N) is 1. The van der Waals surface area contributed by atoms with Crippen LogP contribution in [0.4, 0.5) is 4.79 Å². The number of hydrogen-bond acceptors (Lipinski definition) is 6. The molecule has 2 N–H and O–H groups in total. The molecule has 1 aromatic heterocycles. The number of nitrogens with zero attached hydrogens (tertiary/aromatic N) is 2. The van der Waals surface area contributed by atoms with E-state index in [4.69, 9.17) is 14.7 Å². The van der Waals surface area contributed by atoms with Crippen molar-refractivity contribution in [2.24, 2.45) is 0 Å². The molecule has 1 amide bonds. The van der Waals surface area contributed by atoms with Gasteiger partial charge in [-0.1, -0.05) is 12.1 Å². The number of alkyl carbamates (subject to hydrolysis) is 1. The summed E-state index contributed by atoms with van der Waals surface area (Å²) < 4.78 is 10.9. The van der Waals surface area contributed by atoms with E-state index in [1.807, 2.05) is 12.1 Å². The Morgan fingerprint density at radius 1 is 1.33 bits per heavy atom. The van der Waals surface area contributed by atoms with Crippen molar-refractivity contribution in [2.45, 2.75) is 38.8 Å². The molecule has 7 heteroatoms. The van der Waals surface area contributed by atoms with E-state index in [-0.39, 0.29) is 12.5 Å². The number of hydrogen-bond donors (Lipinski definition) is 2. The average molecular weight is 369 g/mol. The van der Waals surface area contributed by atoms with Crippen molar-refractivity contribution in [1.29, 1.82) is 5.26 Å². The zero-order chi connectivity index (χ0) is 19.9. The van der Waals surface area contributed by atoms with Gasteiger partial charge in [-0.3, -0.25) is 0 Å². The Hall–Kier alpha value is -3.11. The number of aliphatic hydroxyl groups excluding tert-OH is 1. The Labute approximate surface area is 158 Å². The molecule has 0 saturated heterocycles. The molecule has 0 aliphatic carbocycles. The van der Waals surface area contributed by atoms with Gasteiger partial charge in [0.25, 0.3) is 0 Å². The summed E-state index contributed by atoms with van der Waals surface area (Å²) in [6.07, 6.45) is 1.36. The standard InChI is InChI=1S/C20H23N3O4/c1-20(2,3)27-19(25)23-16(13-24)10-14-6-4-8-17(11-14)26-18-15(12-21)7-5-9-22-18/h4-9,11,16,24H,10,13H2,1-3H3,(H,23,25). The maximum atomic E-state index is 11.9. The third kappa shape index (κ3) is 6.60. The predicted octanol–water partition coefficient (Wildman–Crippen LogP) is 3.17. The van der Waals surface area contributed by atoms with E-state index >= 15 is 0 Å². The molecule has 1 unspecified atom stereocenters. The van der Waals surface area contributed by atoms with Gasteiger partial charge in [0.1, 0.15) is 23.0 Å². The molecule has 142 valence electrons. The Morgan fingerprint density at radius 3 is 2.78 bits per heavy atom. The minimum atomic E-state index is -0.612. The van der Waals surface area contributed by atoms with Crippen molar-refractivity contribution in [1.82, 2.24) is 10.3 Å². The van der Waals surface area contributed by atoms with Crippen molar-refractivity contribution < 1.29 is 19.4 Å². The topological polar surface area (TPSA) is 104 Å². The molecule has 2 rings (SSSR count). The Bertz CT molecular complexity index is 824. The molecule has 0 bridgehead atoms. The van der Waals surface area contributed by atoms with E-state index in [0.717, 1.165) is 5.56 Å². The minimum Gasteiger partial charge on any atom is -0.444 e. The molecular weight excluding hydrogens is 346 g/mol. The summed E-state index contributed by atoms with van der Waals surface area (Å²) in [6.45, 7) is 5.08. The lowest BCUT2D eigenvalue weighted by atomic mass is 10.1. The highest BCUT2D eigenvalue weighted by atomic mass is 16.6. The third-order valence-electron chi connectivity index (χ3n) is 3.43. The Kier molecular flexibility index (Phi) is 6.74. The molecule has 7 nitrogen and oxygen atoms in total. The molecule has 2 aromatic rings. The molecule has 0 fully saturated rings. The van der Waals surface area contributed by atoms with Crippen LogP contribution in [0.2, 0.25) is 0 Å². The fourth-order valence-electron chi connectivity index (χ4n) is 2.32. The van der Waals surface area contributed by atoms with Gasteiger partial charge in [0, 0.05) is 6.20 Å². The van der Waals surface area contributed by atoms with Crippen LogP contribution in [0.5, 0.6) is 11.6 Å². The fraction of sp³-hybridized carbons (Fsp3) is 0.350. The van der Waals surface area contributed by atoms with Gasteiger partial charge < -0.3 is 19.9 Å². The van der Waals surface area contributed by atoms with Gasteiger partial charge >= 0.3 is 6.09 Å². The first-order valence-electron chi connectivity index (χ1n) is 8.53. The molecule has 1 heterocycles. The number of carbonyl (C=O) groups excluding carboxylic acids is 1. The summed E-state index contributed by atoms with van der Waals surface area (Å²) in [5.74, 6) is 0.736. The summed E-state index contributed by atoms with van der Waals surface area (Å²) in [5, 5.41) is 21.3. The van der Waals surface area contributed by atoms with E-state index in [2.05, 4.69) is 10.3 Å². The van der Waals surface area contributed by atoms with Gasteiger partial charge in [-0.15, -0.1) is 0 Å². The van der Waals surface area contributed by atoms with Gasteiger partial charge in [-0.2, -0.15) is 5.26 Å². The number of benzene rings is 1. The van der Waals surface area contributed by atoms with Crippen LogP contribution in [-0.4, -0.2) is 34.4 Å². The normalized spacial score (nSPS) is 12.0. The van der Waals surface area contributed by atoms with Gasteiger partial charge in [0.15, 0.2) is 0 Å². The number of rotatable bonds is 6. The molecule has 27 heavy (non-hydrogen) atoms. The van der Waals surface area contributed by atoms with Crippen LogP contribution in [-0.2, 0) is 11.2 Å². The van der Waals surface area contributed by atoms with Crippen LogP contribution in [0, 0.1) is 11.3 Å². The average Bonchev–Trinajstić information content (AvgIpc) is 2.60. The van der Waals surface area contributed by atoms with Gasteiger partial charge in [0.05, 0.1) is 12.6 Å². The van der Waals surface area contributed by atoms with Crippen molar-refractivity contribution >= 4 is 6.09 Å². The summed E-state index contributed by atoms with van der Waals surface area (Å²) >= 11 is 0. The molecule has 0 aliphatic rings. The highest BCUT2D eigenvalue weighted by Crippen LogP contribution is 2.23. The van der Waals surface area contributed by atoms with Crippen molar-refractivity contribution in [3.63, 3.8) is 0 Å². The number of amides is 1. The number of nitriles is 1. The maximum absolute atomic E-state index is 11.9. The first kappa shape index (κ1) is 20.2. The molecular formula is C20H23N3O4. The number of carbonyl (C=O) groups is 1. The van der Waals surface area contributed by atoms with Crippen molar-refractivity contribution in [3.8, 4) is 17.7 Å². The SMILES string of the molecule is CC(C)(C)OC(=O)NC(CO)Cc1cccc(Oc2ncccc2C#N)c1. The third-order valence-corrected chi connectivity index (χ3v) is 3.43. The van der Waals surface area contributed by atoms with Crippen LogP contribution in [0.3, 0.4) is 0 Å². The molecule has 0 aliphatic heterocycles. The number of aliphatic hydroxyl groups is 1. The van der Waals surface area contributed by atoms with Crippen molar-refractivity contribution in [3.05, 3.63) is 53.7 Å². The van der Waals surface area contributed by atoms with Gasteiger partial charge in [-0.05, 0) is 57.0 Å². The highest BCUT2D eigenvalue weighted by molar-refractivity contribution is 5.68. The lowest BCUT2D eigenvalue weighted by Crippen LogP contribution is -2.42. The van der Waals surface area contributed by atoms with Gasteiger partial charge in [-0.25, -0.2) is 9.78 Å². The van der Waals surface area contributed by atoms with Crippen LogP contribution in [0.25, 0.3) is 0 Å². The largest absolute Gasteiger partial charge is 0.444 e. The summed E-state index contributed by atoms with van der Waals surface area (Å²) in [6, 6.07) is 12.0. The number of pyridine rings is 1. The number of ether oxygens (including phenoxy) is 2. The van der Waals surface area contributed by atoms with E-state index in [1.165, 1.54) is 0 Å².